The maximum atomic E-state index is 12.9. The first kappa shape index (κ1) is 37.7. The molecule has 1 unspecified atom stereocenters. The molecule has 2 rings (SSSR count). The predicted octanol–water partition coefficient (Wildman–Crippen LogP) is 9.74. The first-order chi connectivity index (χ1) is 21.6. The molecule has 1 heterocycles. The van der Waals surface area contributed by atoms with Crippen LogP contribution in [-0.2, 0) is 4.74 Å². The van der Waals surface area contributed by atoms with Crippen LogP contribution in [0.2, 0.25) is 0 Å². The van der Waals surface area contributed by atoms with Gasteiger partial charge in [0.2, 0.25) is 0 Å². The number of aryl methyl sites for hydroxylation is 1. The Bertz CT molecular complexity index is 865. The number of unbranched alkanes of at least 4 members (excludes halogenated alkanes) is 15. The molecular formula is C37H66N4O3. The van der Waals surface area contributed by atoms with Gasteiger partial charge in [0.05, 0.1) is 6.61 Å². The second-order valence-electron chi connectivity index (χ2n) is 12.8. The molecule has 1 aromatic carbocycles. The summed E-state index contributed by atoms with van der Waals surface area (Å²) in [6.45, 7) is 7.59. The van der Waals surface area contributed by atoms with Crippen molar-refractivity contribution in [2.45, 2.75) is 155 Å². The van der Waals surface area contributed by atoms with Crippen LogP contribution in [0.5, 0.6) is 0 Å². The molecule has 0 aliphatic carbocycles. The predicted molar refractivity (Wildman–Crippen MR) is 186 cm³/mol. The van der Waals surface area contributed by atoms with E-state index in [-0.39, 0.29) is 18.2 Å². The molecule has 3 N–H and O–H groups in total. The van der Waals surface area contributed by atoms with E-state index >= 15 is 0 Å². The molecule has 1 aliphatic heterocycles. The van der Waals surface area contributed by atoms with Crippen LogP contribution in [0.3, 0.4) is 0 Å². The minimum atomic E-state index is -0.379. The summed E-state index contributed by atoms with van der Waals surface area (Å²) in [5, 5.41) is 9.38. The highest BCUT2D eigenvalue weighted by Crippen LogP contribution is 2.20. The minimum absolute atomic E-state index is 0.0428. The van der Waals surface area contributed by atoms with E-state index in [1.807, 2.05) is 17.0 Å². The van der Waals surface area contributed by atoms with E-state index in [1.54, 1.807) is 0 Å². The number of carbonyl (C=O) groups is 2. The molecule has 3 amide bonds. The largest absolute Gasteiger partial charge is 0.449 e. The molecule has 0 radical (unpaired) electrons. The second kappa shape index (κ2) is 25.8. The summed E-state index contributed by atoms with van der Waals surface area (Å²) in [5.41, 5.74) is 2.34. The summed E-state index contributed by atoms with van der Waals surface area (Å²) in [5.74, 6) is 0. The van der Waals surface area contributed by atoms with Crippen LogP contribution in [0, 0.1) is 6.92 Å². The third kappa shape index (κ3) is 18.4. The number of piperidine rings is 1. The fourth-order valence-electron chi connectivity index (χ4n) is 6.15. The molecular weight excluding hydrogens is 548 g/mol. The zero-order valence-electron chi connectivity index (χ0n) is 28.4. The second-order valence-corrected chi connectivity index (χ2v) is 12.8. The topological polar surface area (TPSA) is 82.7 Å². The smallest absolute Gasteiger partial charge is 0.407 e. The Morgan fingerprint density at radius 3 is 1.98 bits per heavy atom. The van der Waals surface area contributed by atoms with Gasteiger partial charge in [-0.3, -0.25) is 0 Å². The number of alkyl carbamates (subject to hydrolysis) is 1. The number of amides is 3. The first-order valence-corrected chi connectivity index (χ1v) is 18.4. The number of hydrogen-bond donors (Lipinski definition) is 3. The van der Waals surface area contributed by atoms with Crippen molar-refractivity contribution in [3.63, 3.8) is 0 Å². The number of carbonyl (C=O) groups excluding carboxylic acids is 2. The quantitative estimate of drug-likeness (QED) is 0.0958. The summed E-state index contributed by atoms with van der Waals surface area (Å²) < 4.78 is 5.43. The Hall–Kier alpha value is -2.44. The fraction of sp³-hybridized carbons (Fsp3) is 0.784. The fourth-order valence-corrected chi connectivity index (χ4v) is 6.15. The summed E-state index contributed by atoms with van der Waals surface area (Å²) in [4.78, 5) is 27.0. The first-order valence-electron chi connectivity index (χ1n) is 18.4. The van der Waals surface area contributed by atoms with Crippen LogP contribution >= 0.6 is 0 Å². The number of rotatable bonds is 25. The lowest BCUT2D eigenvalue weighted by Gasteiger charge is -2.35. The van der Waals surface area contributed by atoms with E-state index in [2.05, 4.69) is 41.9 Å². The zero-order valence-corrected chi connectivity index (χ0v) is 28.4. The average Bonchev–Trinajstić information content (AvgIpc) is 3.03. The van der Waals surface area contributed by atoms with Crippen LogP contribution in [0.15, 0.2) is 24.3 Å². The number of hydrogen-bond acceptors (Lipinski definition) is 4. The number of anilines is 1. The van der Waals surface area contributed by atoms with E-state index in [4.69, 9.17) is 4.74 Å². The molecule has 0 saturated carbocycles. The molecule has 1 fully saturated rings. The standard InChI is InChI=1S/C37H66N4O3/c1-3-4-5-6-7-8-9-10-11-12-13-14-15-16-17-21-28-39-36(42)41-31-22-20-25-34(41)27-32-44-37(43)40-30-23-29-38-35-26-19-18-24-33(35)2/h18-19,24,26,34,38H,3-17,20-23,25,27-32H2,1-2H3,(H,39,42)(H,40,43). The summed E-state index contributed by atoms with van der Waals surface area (Å²) in [6.07, 6.45) is 25.9. The van der Waals surface area contributed by atoms with Gasteiger partial charge in [0.25, 0.3) is 0 Å². The molecule has 7 nitrogen and oxygen atoms in total. The van der Waals surface area contributed by atoms with Gasteiger partial charge in [0.15, 0.2) is 0 Å². The van der Waals surface area contributed by atoms with Crippen molar-refractivity contribution >= 4 is 17.8 Å². The Morgan fingerprint density at radius 2 is 1.34 bits per heavy atom. The van der Waals surface area contributed by atoms with Crippen LogP contribution in [-0.4, -0.2) is 55.9 Å². The molecule has 1 atom stereocenters. The van der Waals surface area contributed by atoms with Gasteiger partial charge in [0.1, 0.15) is 0 Å². The Kier molecular flexibility index (Phi) is 22.2. The van der Waals surface area contributed by atoms with Crippen molar-refractivity contribution < 1.29 is 14.3 Å². The van der Waals surface area contributed by atoms with E-state index in [9.17, 15) is 9.59 Å². The summed E-state index contributed by atoms with van der Waals surface area (Å²) in [6, 6.07) is 8.37. The van der Waals surface area contributed by atoms with Gasteiger partial charge >= 0.3 is 12.1 Å². The van der Waals surface area contributed by atoms with Crippen molar-refractivity contribution in [2.24, 2.45) is 0 Å². The molecule has 0 aromatic heterocycles. The monoisotopic (exact) mass is 615 g/mol. The van der Waals surface area contributed by atoms with Crippen molar-refractivity contribution in [1.29, 1.82) is 0 Å². The van der Waals surface area contributed by atoms with Crippen LogP contribution in [0.1, 0.15) is 147 Å². The lowest BCUT2D eigenvalue weighted by Crippen LogP contribution is -2.49. The van der Waals surface area contributed by atoms with Gasteiger partial charge in [-0.25, -0.2) is 9.59 Å². The molecule has 7 heteroatoms. The van der Waals surface area contributed by atoms with E-state index in [1.165, 1.54) is 102 Å². The van der Waals surface area contributed by atoms with Crippen LogP contribution < -0.4 is 16.0 Å². The van der Waals surface area contributed by atoms with Gasteiger partial charge < -0.3 is 25.6 Å². The van der Waals surface area contributed by atoms with Crippen LogP contribution in [0.4, 0.5) is 15.3 Å². The third-order valence-electron chi connectivity index (χ3n) is 8.96. The van der Waals surface area contributed by atoms with Crippen molar-refractivity contribution in [2.75, 3.05) is 38.1 Å². The van der Waals surface area contributed by atoms with Gasteiger partial charge in [-0.1, -0.05) is 121 Å². The van der Waals surface area contributed by atoms with Gasteiger partial charge in [-0.2, -0.15) is 0 Å². The molecule has 252 valence electrons. The highest BCUT2D eigenvalue weighted by Gasteiger charge is 2.26. The normalized spacial score (nSPS) is 14.8. The van der Waals surface area contributed by atoms with E-state index < -0.39 is 0 Å². The molecule has 1 aliphatic rings. The number of urea groups is 1. The zero-order chi connectivity index (χ0) is 31.5. The highest BCUT2D eigenvalue weighted by molar-refractivity contribution is 5.74. The maximum absolute atomic E-state index is 12.9. The van der Waals surface area contributed by atoms with Gasteiger partial charge in [-0.15, -0.1) is 0 Å². The highest BCUT2D eigenvalue weighted by atomic mass is 16.5. The average molecular weight is 615 g/mol. The lowest BCUT2D eigenvalue weighted by molar-refractivity contribution is 0.112. The summed E-state index contributed by atoms with van der Waals surface area (Å²) >= 11 is 0. The molecule has 0 bridgehead atoms. The number of nitrogens with zero attached hydrogens (tertiary/aromatic N) is 1. The summed E-state index contributed by atoms with van der Waals surface area (Å²) in [7, 11) is 0. The van der Waals surface area contributed by atoms with Crippen LogP contribution in [0.25, 0.3) is 0 Å². The number of benzene rings is 1. The SMILES string of the molecule is CCCCCCCCCCCCCCCCCCNC(=O)N1CCCCC1CCOC(=O)NCCCNc1ccccc1C. The van der Waals surface area contributed by atoms with Crippen molar-refractivity contribution in [1.82, 2.24) is 15.5 Å². The third-order valence-corrected chi connectivity index (χ3v) is 8.96. The molecule has 0 spiro atoms. The Morgan fingerprint density at radius 1 is 0.750 bits per heavy atom. The van der Waals surface area contributed by atoms with Gasteiger partial charge in [-0.05, 0) is 50.7 Å². The number of ether oxygens (including phenoxy) is 1. The Balaban J connectivity index is 1.42. The van der Waals surface area contributed by atoms with E-state index in [0.717, 1.165) is 57.4 Å². The van der Waals surface area contributed by atoms with Crippen molar-refractivity contribution in [3.8, 4) is 0 Å². The minimum Gasteiger partial charge on any atom is -0.449 e. The molecule has 1 aromatic rings. The molecule has 1 saturated heterocycles. The lowest BCUT2D eigenvalue weighted by atomic mass is 10.00. The maximum Gasteiger partial charge on any atom is 0.407 e. The molecule has 44 heavy (non-hydrogen) atoms. The Labute approximate surface area is 270 Å². The number of para-hydroxylation sites is 1. The number of nitrogens with one attached hydrogen (secondary N) is 3. The van der Waals surface area contributed by atoms with Crippen molar-refractivity contribution in [3.05, 3.63) is 29.8 Å². The van der Waals surface area contributed by atoms with Gasteiger partial charge in [0, 0.05) is 44.3 Å². The van der Waals surface area contributed by atoms with E-state index in [0.29, 0.717) is 19.6 Å². The number of likely N-dealkylation sites (tertiary alicyclic amines) is 1.